The standard InChI is InChI=1S/C11H12O5S/c1-2-14-10(13)9(12)7-3-4-8(17-7)11-15-5-6-16-11/h3-4,11H,2,5-6H2,1H3. The molecule has 6 heteroatoms. The SMILES string of the molecule is CCOC(=O)C(=O)c1ccc(C2OCCO2)s1. The van der Waals surface area contributed by atoms with Crippen molar-refractivity contribution in [2.24, 2.45) is 0 Å². The lowest BCUT2D eigenvalue weighted by Crippen LogP contribution is -2.16. The quantitative estimate of drug-likeness (QED) is 0.464. The molecule has 1 aromatic heterocycles. The molecule has 2 heterocycles. The fourth-order valence-electron chi connectivity index (χ4n) is 1.42. The van der Waals surface area contributed by atoms with E-state index in [0.717, 1.165) is 4.88 Å². The Morgan fingerprint density at radius 2 is 2.12 bits per heavy atom. The van der Waals surface area contributed by atoms with Crippen LogP contribution in [0.25, 0.3) is 0 Å². The van der Waals surface area contributed by atoms with Gasteiger partial charge in [-0.2, -0.15) is 0 Å². The third-order valence-electron chi connectivity index (χ3n) is 2.17. The van der Waals surface area contributed by atoms with Gasteiger partial charge in [0, 0.05) is 0 Å². The number of ketones is 1. The van der Waals surface area contributed by atoms with Crippen LogP contribution in [-0.2, 0) is 19.0 Å². The van der Waals surface area contributed by atoms with Crippen LogP contribution in [0.2, 0.25) is 0 Å². The molecule has 1 fully saturated rings. The lowest BCUT2D eigenvalue weighted by Gasteiger charge is -2.04. The number of hydrogen-bond acceptors (Lipinski definition) is 6. The first-order valence-electron chi connectivity index (χ1n) is 5.26. The summed E-state index contributed by atoms with van der Waals surface area (Å²) < 4.78 is 15.3. The van der Waals surface area contributed by atoms with Crippen LogP contribution in [-0.4, -0.2) is 31.6 Å². The Morgan fingerprint density at radius 1 is 1.41 bits per heavy atom. The summed E-state index contributed by atoms with van der Waals surface area (Å²) in [7, 11) is 0. The van der Waals surface area contributed by atoms with Gasteiger partial charge in [0.05, 0.1) is 29.6 Å². The molecule has 5 nitrogen and oxygen atoms in total. The van der Waals surface area contributed by atoms with E-state index in [-0.39, 0.29) is 6.61 Å². The van der Waals surface area contributed by atoms with Crippen molar-refractivity contribution in [1.82, 2.24) is 0 Å². The van der Waals surface area contributed by atoms with Crippen LogP contribution in [0.5, 0.6) is 0 Å². The van der Waals surface area contributed by atoms with E-state index >= 15 is 0 Å². The van der Waals surface area contributed by atoms with Gasteiger partial charge in [-0.05, 0) is 19.1 Å². The fourth-order valence-corrected chi connectivity index (χ4v) is 2.36. The predicted molar refractivity (Wildman–Crippen MR) is 59.9 cm³/mol. The number of hydrogen-bond donors (Lipinski definition) is 0. The Labute approximate surface area is 102 Å². The first-order valence-corrected chi connectivity index (χ1v) is 6.08. The zero-order valence-corrected chi connectivity index (χ0v) is 10.1. The molecule has 0 amide bonds. The molecule has 0 unspecified atom stereocenters. The van der Waals surface area contributed by atoms with Crippen molar-refractivity contribution in [2.75, 3.05) is 19.8 Å². The monoisotopic (exact) mass is 256 g/mol. The van der Waals surface area contributed by atoms with Crippen molar-refractivity contribution in [3.05, 3.63) is 21.9 Å². The summed E-state index contributed by atoms with van der Waals surface area (Å²) in [6, 6.07) is 3.32. The number of thiophene rings is 1. The molecule has 1 aliphatic rings. The number of Topliss-reactive ketones (excluding diaryl/α,β-unsaturated/α-hetero) is 1. The molecule has 0 N–H and O–H groups in total. The zero-order valence-electron chi connectivity index (χ0n) is 9.30. The second-order valence-corrected chi connectivity index (χ2v) is 4.44. The summed E-state index contributed by atoms with van der Waals surface area (Å²) in [6.45, 7) is 2.94. The Morgan fingerprint density at radius 3 is 2.76 bits per heavy atom. The van der Waals surface area contributed by atoms with Crippen LogP contribution in [0.4, 0.5) is 0 Å². The Kier molecular flexibility index (Phi) is 3.88. The van der Waals surface area contributed by atoms with Gasteiger partial charge < -0.3 is 14.2 Å². The number of esters is 1. The minimum absolute atomic E-state index is 0.192. The summed E-state index contributed by atoms with van der Waals surface area (Å²) in [6.07, 6.45) is -0.413. The maximum Gasteiger partial charge on any atom is 0.380 e. The highest BCUT2D eigenvalue weighted by molar-refractivity contribution is 7.14. The van der Waals surface area contributed by atoms with Gasteiger partial charge in [-0.15, -0.1) is 11.3 Å². The van der Waals surface area contributed by atoms with Gasteiger partial charge in [-0.1, -0.05) is 0 Å². The molecule has 2 rings (SSSR count). The van der Waals surface area contributed by atoms with Crippen molar-refractivity contribution in [2.45, 2.75) is 13.2 Å². The molecule has 1 saturated heterocycles. The largest absolute Gasteiger partial charge is 0.460 e. The van der Waals surface area contributed by atoms with Gasteiger partial charge in [-0.25, -0.2) is 4.79 Å². The highest BCUT2D eigenvalue weighted by Crippen LogP contribution is 2.29. The molecule has 0 bridgehead atoms. The number of carbonyl (C=O) groups excluding carboxylic acids is 2. The first-order chi connectivity index (χ1) is 8.22. The molecule has 0 saturated carbocycles. The van der Waals surface area contributed by atoms with Crippen molar-refractivity contribution in [3.8, 4) is 0 Å². The van der Waals surface area contributed by atoms with Crippen LogP contribution in [0.1, 0.15) is 27.8 Å². The average molecular weight is 256 g/mol. The second kappa shape index (κ2) is 5.39. The van der Waals surface area contributed by atoms with E-state index in [1.165, 1.54) is 11.3 Å². The molecule has 0 aromatic carbocycles. The Hall–Kier alpha value is -1.24. The number of carbonyl (C=O) groups is 2. The minimum Gasteiger partial charge on any atom is -0.460 e. The van der Waals surface area contributed by atoms with Gasteiger partial charge in [0.15, 0.2) is 6.29 Å². The highest BCUT2D eigenvalue weighted by Gasteiger charge is 2.24. The maximum atomic E-state index is 11.6. The van der Waals surface area contributed by atoms with Crippen LogP contribution in [0.3, 0.4) is 0 Å². The summed E-state index contributed by atoms with van der Waals surface area (Å²) in [5, 5.41) is 0. The predicted octanol–water partition coefficient (Wildman–Crippen LogP) is 1.54. The summed E-state index contributed by atoms with van der Waals surface area (Å²) in [4.78, 5) is 24.0. The molecule has 1 aliphatic heterocycles. The molecule has 1 aromatic rings. The van der Waals surface area contributed by atoms with E-state index in [2.05, 4.69) is 4.74 Å². The topological polar surface area (TPSA) is 61.8 Å². The molecular weight excluding hydrogens is 244 g/mol. The third kappa shape index (κ3) is 2.71. The van der Waals surface area contributed by atoms with Crippen molar-refractivity contribution >= 4 is 23.1 Å². The molecule has 0 radical (unpaired) electrons. The fraction of sp³-hybridized carbons (Fsp3) is 0.455. The maximum absolute atomic E-state index is 11.6. The third-order valence-corrected chi connectivity index (χ3v) is 3.27. The van der Waals surface area contributed by atoms with E-state index in [9.17, 15) is 9.59 Å². The smallest absolute Gasteiger partial charge is 0.380 e. The molecule has 0 aliphatic carbocycles. The number of ether oxygens (including phenoxy) is 3. The van der Waals surface area contributed by atoms with Crippen LogP contribution < -0.4 is 0 Å². The van der Waals surface area contributed by atoms with Gasteiger partial charge in [0.1, 0.15) is 0 Å². The lowest BCUT2D eigenvalue weighted by atomic mass is 10.3. The first kappa shape index (κ1) is 12.2. The van der Waals surface area contributed by atoms with E-state index in [0.29, 0.717) is 18.1 Å². The van der Waals surface area contributed by atoms with Crippen LogP contribution >= 0.6 is 11.3 Å². The molecular formula is C11H12O5S. The minimum atomic E-state index is -0.825. The van der Waals surface area contributed by atoms with Gasteiger partial charge >= 0.3 is 5.97 Å². The second-order valence-electron chi connectivity index (χ2n) is 3.33. The molecule has 0 spiro atoms. The van der Waals surface area contributed by atoms with E-state index < -0.39 is 18.0 Å². The summed E-state index contributed by atoms with van der Waals surface area (Å²) in [5.74, 6) is -1.45. The molecule has 0 atom stereocenters. The number of rotatable bonds is 4. The molecule has 17 heavy (non-hydrogen) atoms. The summed E-state index contributed by atoms with van der Waals surface area (Å²) >= 11 is 1.19. The van der Waals surface area contributed by atoms with Gasteiger partial charge in [-0.3, -0.25) is 4.79 Å². The normalized spacial score (nSPS) is 16.1. The van der Waals surface area contributed by atoms with Crippen molar-refractivity contribution in [3.63, 3.8) is 0 Å². The summed E-state index contributed by atoms with van der Waals surface area (Å²) in [5.41, 5.74) is 0. The van der Waals surface area contributed by atoms with Crippen LogP contribution in [0.15, 0.2) is 12.1 Å². The van der Waals surface area contributed by atoms with Gasteiger partial charge in [0.2, 0.25) is 0 Å². The highest BCUT2D eigenvalue weighted by atomic mass is 32.1. The molecule has 92 valence electrons. The van der Waals surface area contributed by atoms with E-state index in [1.807, 2.05) is 0 Å². The Balaban J connectivity index is 2.07. The van der Waals surface area contributed by atoms with Crippen LogP contribution in [0, 0.1) is 0 Å². The lowest BCUT2D eigenvalue weighted by molar-refractivity contribution is -0.137. The van der Waals surface area contributed by atoms with Gasteiger partial charge in [0.25, 0.3) is 5.78 Å². The van der Waals surface area contributed by atoms with E-state index in [4.69, 9.17) is 9.47 Å². The van der Waals surface area contributed by atoms with E-state index in [1.54, 1.807) is 19.1 Å². The average Bonchev–Trinajstić information content (AvgIpc) is 2.98. The zero-order chi connectivity index (χ0) is 12.3. The van der Waals surface area contributed by atoms with Crippen molar-refractivity contribution in [1.29, 1.82) is 0 Å². The van der Waals surface area contributed by atoms with Crippen molar-refractivity contribution < 1.29 is 23.8 Å². The Bertz CT molecular complexity index is 419.